The first-order chi connectivity index (χ1) is 8.20. The van der Waals surface area contributed by atoms with Gasteiger partial charge in [-0.1, -0.05) is 15.9 Å². The average molecular weight is 317 g/mol. The summed E-state index contributed by atoms with van der Waals surface area (Å²) in [6.45, 7) is 5.08. The van der Waals surface area contributed by atoms with E-state index in [0.29, 0.717) is 11.3 Å². The number of aliphatic carboxylic acids is 1. The number of halogens is 1. The molecule has 18 heavy (non-hydrogen) atoms. The van der Waals surface area contributed by atoms with Gasteiger partial charge in [-0.15, -0.1) is 0 Å². The van der Waals surface area contributed by atoms with E-state index in [1.54, 1.807) is 19.9 Å². The quantitative estimate of drug-likeness (QED) is 0.895. The molecule has 0 aliphatic heterocycles. The molecule has 0 radical (unpaired) electrons. The molecule has 1 rings (SSSR count). The first-order valence-corrected chi connectivity index (χ1v) is 6.28. The highest BCUT2D eigenvalue weighted by molar-refractivity contribution is 9.10. The van der Waals surface area contributed by atoms with Gasteiger partial charge in [0.05, 0.1) is 12.5 Å². The Bertz CT molecular complexity index is 480. The number of methoxy groups -OCH3 is 1. The summed E-state index contributed by atoms with van der Waals surface area (Å²) in [6, 6.07) is 1.67. The molecule has 1 aromatic carbocycles. The van der Waals surface area contributed by atoms with E-state index in [-0.39, 0.29) is 12.2 Å². The van der Waals surface area contributed by atoms with Gasteiger partial charge in [0, 0.05) is 10.0 Å². The number of phenolic OH excluding ortho intramolecular Hbond substituents is 1. The van der Waals surface area contributed by atoms with E-state index in [0.717, 1.165) is 10.0 Å². The maximum absolute atomic E-state index is 11.2. The van der Waals surface area contributed by atoms with Crippen molar-refractivity contribution >= 4 is 21.9 Å². The molecule has 0 fully saturated rings. The van der Waals surface area contributed by atoms with Gasteiger partial charge in [-0.2, -0.15) is 0 Å². The number of ether oxygens (including phenoxy) is 1. The van der Waals surface area contributed by atoms with Crippen molar-refractivity contribution in [2.75, 3.05) is 7.11 Å². The molecular weight excluding hydrogens is 300 g/mol. The van der Waals surface area contributed by atoms with Gasteiger partial charge >= 0.3 is 5.97 Å². The molecule has 0 unspecified atom stereocenters. The Balaban J connectivity index is 3.32. The third-order valence-electron chi connectivity index (χ3n) is 3.01. The number of carboxylic acid groups (broad SMARTS) is 1. The standard InChI is InChI=1S/C13H17BrO4/c1-7-8(6-13(2,3)12(16)17)11(15)10(18-4)5-9(7)14/h5,15H,6H2,1-4H3,(H,16,17). The van der Waals surface area contributed by atoms with Gasteiger partial charge in [0.2, 0.25) is 0 Å². The van der Waals surface area contributed by atoms with Crippen molar-refractivity contribution in [1.29, 1.82) is 0 Å². The minimum atomic E-state index is -0.950. The summed E-state index contributed by atoms with van der Waals surface area (Å²) in [4.78, 5) is 11.2. The van der Waals surface area contributed by atoms with E-state index in [4.69, 9.17) is 9.84 Å². The van der Waals surface area contributed by atoms with Gasteiger partial charge in [0.1, 0.15) is 0 Å². The molecule has 0 spiro atoms. The number of carboxylic acids is 1. The molecule has 4 nitrogen and oxygen atoms in total. The number of aromatic hydroxyl groups is 1. The van der Waals surface area contributed by atoms with Gasteiger partial charge in [0.15, 0.2) is 11.5 Å². The summed E-state index contributed by atoms with van der Waals surface area (Å²) in [6.07, 6.45) is 0.232. The Morgan fingerprint density at radius 1 is 1.50 bits per heavy atom. The summed E-state index contributed by atoms with van der Waals surface area (Å²) >= 11 is 3.38. The molecule has 0 saturated heterocycles. The highest BCUT2D eigenvalue weighted by Gasteiger charge is 2.30. The molecule has 100 valence electrons. The van der Waals surface area contributed by atoms with Crippen LogP contribution in [0.5, 0.6) is 11.5 Å². The highest BCUT2D eigenvalue weighted by Crippen LogP contribution is 2.40. The second-order valence-corrected chi connectivity index (χ2v) is 5.73. The van der Waals surface area contributed by atoms with Crippen LogP contribution < -0.4 is 4.74 Å². The van der Waals surface area contributed by atoms with E-state index in [1.807, 2.05) is 6.92 Å². The van der Waals surface area contributed by atoms with E-state index >= 15 is 0 Å². The third-order valence-corrected chi connectivity index (χ3v) is 3.83. The van der Waals surface area contributed by atoms with Gasteiger partial charge in [-0.05, 0) is 38.8 Å². The summed E-state index contributed by atoms with van der Waals surface area (Å²) in [7, 11) is 1.46. The number of benzene rings is 1. The lowest BCUT2D eigenvalue weighted by atomic mass is 9.84. The van der Waals surface area contributed by atoms with Crippen LogP contribution in [0.1, 0.15) is 25.0 Å². The Morgan fingerprint density at radius 3 is 2.50 bits per heavy atom. The van der Waals surface area contributed by atoms with E-state index < -0.39 is 11.4 Å². The molecule has 5 heteroatoms. The molecule has 0 aliphatic rings. The lowest BCUT2D eigenvalue weighted by molar-refractivity contribution is -0.146. The summed E-state index contributed by atoms with van der Waals surface area (Å²) in [5, 5.41) is 19.3. The van der Waals surface area contributed by atoms with Crippen molar-refractivity contribution in [3.05, 3.63) is 21.7 Å². The van der Waals surface area contributed by atoms with Gasteiger partial charge in [-0.25, -0.2) is 0 Å². The van der Waals surface area contributed by atoms with Crippen LogP contribution in [0.15, 0.2) is 10.5 Å². The third kappa shape index (κ3) is 2.77. The second kappa shape index (κ2) is 5.18. The monoisotopic (exact) mass is 316 g/mol. The molecule has 2 N–H and O–H groups in total. The van der Waals surface area contributed by atoms with E-state index in [9.17, 15) is 9.90 Å². The zero-order valence-corrected chi connectivity index (χ0v) is 12.5. The summed E-state index contributed by atoms with van der Waals surface area (Å²) < 4.78 is 5.85. The van der Waals surface area contributed by atoms with Crippen LogP contribution in [0.2, 0.25) is 0 Å². The fourth-order valence-electron chi connectivity index (χ4n) is 1.65. The molecular formula is C13H17BrO4. The number of hydrogen-bond acceptors (Lipinski definition) is 3. The van der Waals surface area contributed by atoms with Crippen LogP contribution in [0.3, 0.4) is 0 Å². The van der Waals surface area contributed by atoms with Crippen molar-refractivity contribution in [2.45, 2.75) is 27.2 Å². The maximum atomic E-state index is 11.2. The zero-order valence-electron chi connectivity index (χ0n) is 10.9. The van der Waals surface area contributed by atoms with Crippen LogP contribution in [-0.2, 0) is 11.2 Å². The molecule has 0 bridgehead atoms. The molecule has 0 heterocycles. The lowest BCUT2D eigenvalue weighted by Crippen LogP contribution is -2.26. The predicted molar refractivity (Wildman–Crippen MR) is 72.2 cm³/mol. The Hall–Kier alpha value is -1.23. The molecule has 0 atom stereocenters. The average Bonchev–Trinajstić information content (AvgIpc) is 2.29. The first kappa shape index (κ1) is 14.8. The van der Waals surface area contributed by atoms with E-state index in [2.05, 4.69) is 15.9 Å². The zero-order chi connectivity index (χ0) is 14.1. The van der Waals surface area contributed by atoms with Crippen LogP contribution in [0.4, 0.5) is 0 Å². The van der Waals surface area contributed by atoms with Crippen molar-refractivity contribution in [3.63, 3.8) is 0 Å². The topological polar surface area (TPSA) is 66.8 Å². The molecule has 0 aromatic heterocycles. The molecule has 0 saturated carbocycles. The smallest absolute Gasteiger partial charge is 0.309 e. The number of phenols is 1. The molecule has 0 aliphatic carbocycles. The normalized spacial score (nSPS) is 11.4. The van der Waals surface area contributed by atoms with Gasteiger partial charge in [-0.3, -0.25) is 4.79 Å². The number of hydrogen-bond donors (Lipinski definition) is 2. The summed E-state index contributed by atoms with van der Waals surface area (Å²) in [5.74, 6) is -0.559. The molecule has 0 amide bonds. The Morgan fingerprint density at radius 2 is 2.06 bits per heavy atom. The minimum absolute atomic E-state index is 0.00697. The van der Waals surface area contributed by atoms with Crippen LogP contribution >= 0.6 is 15.9 Å². The van der Waals surface area contributed by atoms with Crippen LogP contribution in [0.25, 0.3) is 0 Å². The van der Waals surface area contributed by atoms with Crippen LogP contribution in [0, 0.1) is 12.3 Å². The van der Waals surface area contributed by atoms with Crippen molar-refractivity contribution in [3.8, 4) is 11.5 Å². The van der Waals surface area contributed by atoms with Crippen LogP contribution in [-0.4, -0.2) is 23.3 Å². The SMILES string of the molecule is COc1cc(Br)c(C)c(CC(C)(C)C(=O)O)c1O. The largest absolute Gasteiger partial charge is 0.504 e. The lowest BCUT2D eigenvalue weighted by Gasteiger charge is -2.22. The maximum Gasteiger partial charge on any atom is 0.309 e. The van der Waals surface area contributed by atoms with E-state index in [1.165, 1.54) is 7.11 Å². The number of rotatable bonds is 4. The van der Waals surface area contributed by atoms with Crippen molar-refractivity contribution < 1.29 is 19.7 Å². The fourth-order valence-corrected chi connectivity index (χ4v) is 2.10. The second-order valence-electron chi connectivity index (χ2n) is 4.88. The fraction of sp³-hybridized carbons (Fsp3) is 0.462. The van der Waals surface area contributed by atoms with Gasteiger partial charge in [0.25, 0.3) is 0 Å². The Kier molecular flexibility index (Phi) is 4.27. The number of carbonyl (C=O) groups is 1. The van der Waals surface area contributed by atoms with Gasteiger partial charge < -0.3 is 14.9 Å². The summed E-state index contributed by atoms with van der Waals surface area (Å²) in [5.41, 5.74) is 0.463. The van der Waals surface area contributed by atoms with Crippen molar-refractivity contribution in [2.24, 2.45) is 5.41 Å². The predicted octanol–water partition coefficient (Wildman–Crippen LogP) is 3.13. The highest BCUT2D eigenvalue weighted by atomic mass is 79.9. The van der Waals surface area contributed by atoms with Crippen molar-refractivity contribution in [1.82, 2.24) is 0 Å². The molecule has 1 aromatic rings. The minimum Gasteiger partial charge on any atom is -0.504 e. The first-order valence-electron chi connectivity index (χ1n) is 5.49. The Labute approximate surface area is 115 Å².